The molecule has 3 atom stereocenters. The van der Waals surface area contributed by atoms with Gasteiger partial charge in [-0.05, 0) is 72.4 Å². The predicted octanol–water partition coefficient (Wildman–Crippen LogP) is 2.13. The fraction of sp³-hybridized carbons (Fsp3) is 0.938. The number of piperidine rings is 1. The van der Waals surface area contributed by atoms with Gasteiger partial charge in [-0.1, -0.05) is 6.92 Å². The molecule has 4 nitrogen and oxygen atoms in total. The summed E-state index contributed by atoms with van der Waals surface area (Å²) in [6, 6.07) is 0.920. The first-order valence-corrected chi connectivity index (χ1v) is 8.08. The summed E-state index contributed by atoms with van der Waals surface area (Å²) in [5, 5.41) is 3.32. The summed E-state index contributed by atoms with van der Waals surface area (Å²) in [7, 11) is 0. The lowest BCUT2D eigenvalue weighted by atomic mass is 9.90. The summed E-state index contributed by atoms with van der Waals surface area (Å²) in [5.74, 6) is 0.534. The number of nitrogens with zero attached hydrogens (tertiary/aromatic N) is 1. The van der Waals surface area contributed by atoms with Crippen molar-refractivity contribution in [2.24, 2.45) is 11.7 Å². The first-order valence-electron chi connectivity index (χ1n) is 8.08. The number of carbonyl (C=O) groups excluding carboxylic acids is 1. The Bertz CT molecular complexity index is 319. The standard InChI is InChI=1S/C16H33N3O/c1-12(2)18-16(5,15(17)20)9-7-11-19-10-6-8-13(3)14(19)4/h12-14,18H,6-11H2,1-5H3,(H2,17,20). The average Bonchev–Trinajstić information content (AvgIpc) is 2.33. The van der Waals surface area contributed by atoms with Crippen molar-refractivity contribution in [2.45, 2.75) is 77.9 Å². The second-order valence-electron chi connectivity index (χ2n) is 7.00. The molecule has 4 heteroatoms. The van der Waals surface area contributed by atoms with Crippen molar-refractivity contribution in [1.29, 1.82) is 0 Å². The van der Waals surface area contributed by atoms with Gasteiger partial charge in [0.1, 0.15) is 0 Å². The minimum absolute atomic E-state index is 0.244. The maximum Gasteiger partial charge on any atom is 0.237 e. The predicted molar refractivity (Wildman–Crippen MR) is 84.5 cm³/mol. The van der Waals surface area contributed by atoms with E-state index >= 15 is 0 Å². The monoisotopic (exact) mass is 283 g/mol. The highest BCUT2D eigenvalue weighted by Crippen LogP contribution is 2.23. The van der Waals surface area contributed by atoms with E-state index in [1.807, 2.05) is 6.92 Å². The Balaban J connectivity index is 2.46. The van der Waals surface area contributed by atoms with Gasteiger partial charge in [0.15, 0.2) is 0 Å². The number of carbonyl (C=O) groups is 1. The molecule has 3 N–H and O–H groups in total. The Morgan fingerprint density at radius 3 is 2.65 bits per heavy atom. The Morgan fingerprint density at radius 1 is 1.45 bits per heavy atom. The normalized spacial score (nSPS) is 27.5. The van der Waals surface area contributed by atoms with Crippen molar-refractivity contribution < 1.29 is 4.79 Å². The molecule has 118 valence electrons. The second-order valence-corrected chi connectivity index (χ2v) is 7.00. The van der Waals surface area contributed by atoms with Crippen LogP contribution in [-0.4, -0.2) is 41.5 Å². The Kier molecular flexibility index (Phi) is 6.46. The lowest BCUT2D eigenvalue weighted by Crippen LogP contribution is -2.55. The molecule has 0 radical (unpaired) electrons. The van der Waals surface area contributed by atoms with Crippen LogP contribution in [0.1, 0.15) is 60.3 Å². The number of hydrogen-bond donors (Lipinski definition) is 2. The van der Waals surface area contributed by atoms with Crippen LogP contribution in [0.3, 0.4) is 0 Å². The molecule has 0 bridgehead atoms. The van der Waals surface area contributed by atoms with E-state index in [2.05, 4.69) is 37.9 Å². The molecule has 0 saturated carbocycles. The van der Waals surface area contributed by atoms with Crippen LogP contribution in [0.4, 0.5) is 0 Å². The van der Waals surface area contributed by atoms with E-state index in [-0.39, 0.29) is 11.9 Å². The Labute approximate surface area is 124 Å². The third kappa shape index (κ3) is 4.74. The van der Waals surface area contributed by atoms with Gasteiger partial charge in [0, 0.05) is 12.1 Å². The maximum atomic E-state index is 11.7. The number of rotatable bonds is 7. The topological polar surface area (TPSA) is 58.4 Å². The van der Waals surface area contributed by atoms with E-state index in [0.29, 0.717) is 6.04 Å². The number of hydrogen-bond acceptors (Lipinski definition) is 3. The van der Waals surface area contributed by atoms with Gasteiger partial charge >= 0.3 is 0 Å². The van der Waals surface area contributed by atoms with E-state index < -0.39 is 5.54 Å². The van der Waals surface area contributed by atoms with Crippen molar-refractivity contribution in [3.63, 3.8) is 0 Å². The largest absolute Gasteiger partial charge is 0.368 e. The van der Waals surface area contributed by atoms with Crippen LogP contribution < -0.4 is 11.1 Å². The molecule has 1 rings (SSSR count). The SMILES string of the molecule is CC(C)NC(C)(CCCN1CCCC(C)C1C)C(N)=O. The van der Waals surface area contributed by atoms with Crippen molar-refractivity contribution in [3.05, 3.63) is 0 Å². The molecule has 3 unspecified atom stereocenters. The summed E-state index contributed by atoms with van der Waals surface area (Å²) in [4.78, 5) is 14.3. The van der Waals surface area contributed by atoms with Crippen molar-refractivity contribution >= 4 is 5.91 Å². The molecule has 1 aliphatic heterocycles. The first kappa shape index (κ1) is 17.4. The number of primary amides is 1. The zero-order valence-corrected chi connectivity index (χ0v) is 13.9. The highest BCUT2D eigenvalue weighted by Gasteiger charge is 2.31. The van der Waals surface area contributed by atoms with Crippen LogP contribution in [0.25, 0.3) is 0 Å². The van der Waals surface area contributed by atoms with E-state index in [1.54, 1.807) is 0 Å². The van der Waals surface area contributed by atoms with Gasteiger partial charge in [0.2, 0.25) is 5.91 Å². The molecule has 1 aliphatic rings. The van der Waals surface area contributed by atoms with E-state index in [9.17, 15) is 4.79 Å². The maximum absolute atomic E-state index is 11.7. The number of likely N-dealkylation sites (tertiary alicyclic amines) is 1. The quantitative estimate of drug-likeness (QED) is 0.752. The zero-order chi connectivity index (χ0) is 15.3. The minimum atomic E-state index is -0.585. The van der Waals surface area contributed by atoms with E-state index in [4.69, 9.17) is 5.73 Å². The van der Waals surface area contributed by atoms with Crippen LogP contribution >= 0.6 is 0 Å². The first-order chi connectivity index (χ1) is 9.26. The molecule has 0 aromatic heterocycles. The fourth-order valence-corrected chi connectivity index (χ4v) is 3.28. The molecule has 1 amide bonds. The van der Waals surface area contributed by atoms with Crippen LogP contribution in [0.2, 0.25) is 0 Å². The molecule has 20 heavy (non-hydrogen) atoms. The summed E-state index contributed by atoms with van der Waals surface area (Å²) < 4.78 is 0. The lowest BCUT2D eigenvalue weighted by Gasteiger charge is -2.38. The van der Waals surface area contributed by atoms with Gasteiger partial charge in [-0.2, -0.15) is 0 Å². The molecule has 0 aliphatic carbocycles. The van der Waals surface area contributed by atoms with Gasteiger partial charge in [-0.3, -0.25) is 4.79 Å². The van der Waals surface area contributed by atoms with Crippen molar-refractivity contribution in [3.8, 4) is 0 Å². The van der Waals surface area contributed by atoms with Crippen molar-refractivity contribution in [2.75, 3.05) is 13.1 Å². The molecule has 1 saturated heterocycles. The van der Waals surface area contributed by atoms with Crippen molar-refractivity contribution in [1.82, 2.24) is 10.2 Å². The van der Waals surface area contributed by atoms with Gasteiger partial charge in [0.05, 0.1) is 5.54 Å². The summed E-state index contributed by atoms with van der Waals surface area (Å²) in [5.41, 5.74) is 4.99. The van der Waals surface area contributed by atoms with Gasteiger partial charge in [-0.25, -0.2) is 0 Å². The zero-order valence-electron chi connectivity index (χ0n) is 13.9. The van der Waals surface area contributed by atoms with Gasteiger partial charge in [-0.15, -0.1) is 0 Å². The Hall–Kier alpha value is -0.610. The Morgan fingerprint density at radius 2 is 2.10 bits per heavy atom. The third-order valence-electron chi connectivity index (χ3n) is 4.78. The molecule has 0 aromatic rings. The second kappa shape index (κ2) is 7.41. The average molecular weight is 283 g/mol. The molecular formula is C16H33N3O. The van der Waals surface area contributed by atoms with E-state index in [0.717, 1.165) is 25.3 Å². The summed E-state index contributed by atoms with van der Waals surface area (Å²) in [6.07, 6.45) is 4.45. The summed E-state index contributed by atoms with van der Waals surface area (Å²) in [6.45, 7) is 12.9. The van der Waals surface area contributed by atoms with Crippen LogP contribution in [0.5, 0.6) is 0 Å². The molecular weight excluding hydrogens is 250 g/mol. The minimum Gasteiger partial charge on any atom is -0.368 e. The lowest BCUT2D eigenvalue weighted by molar-refractivity contribution is -0.124. The molecule has 1 fully saturated rings. The van der Waals surface area contributed by atoms with Gasteiger partial charge in [0.25, 0.3) is 0 Å². The molecule has 0 spiro atoms. The smallest absolute Gasteiger partial charge is 0.237 e. The van der Waals surface area contributed by atoms with Crippen LogP contribution in [-0.2, 0) is 4.79 Å². The number of nitrogens with two attached hydrogens (primary N) is 1. The molecule has 1 heterocycles. The number of nitrogens with one attached hydrogen (secondary N) is 1. The summed E-state index contributed by atoms with van der Waals surface area (Å²) >= 11 is 0. The molecule has 0 aromatic carbocycles. The van der Waals surface area contributed by atoms with Crippen LogP contribution in [0.15, 0.2) is 0 Å². The highest BCUT2D eigenvalue weighted by molar-refractivity contribution is 5.84. The van der Waals surface area contributed by atoms with Gasteiger partial charge < -0.3 is 16.0 Å². The van der Waals surface area contributed by atoms with E-state index in [1.165, 1.54) is 19.4 Å². The third-order valence-corrected chi connectivity index (χ3v) is 4.78. The highest BCUT2D eigenvalue weighted by atomic mass is 16.1. The van der Waals surface area contributed by atoms with Crippen LogP contribution in [0, 0.1) is 5.92 Å². The fourth-order valence-electron chi connectivity index (χ4n) is 3.28. The number of amides is 1.